The highest BCUT2D eigenvalue weighted by Gasteiger charge is 2.24. The van der Waals surface area contributed by atoms with Crippen molar-refractivity contribution in [2.24, 2.45) is 0 Å². The van der Waals surface area contributed by atoms with Crippen LogP contribution in [0, 0.1) is 0 Å². The molecule has 4 heteroatoms. The minimum absolute atomic E-state index is 0.582. The highest BCUT2D eigenvalue weighted by Crippen LogP contribution is 2.32. The molecule has 0 amide bonds. The van der Waals surface area contributed by atoms with E-state index in [9.17, 15) is 0 Å². The average molecular weight is 225 g/mol. The van der Waals surface area contributed by atoms with Gasteiger partial charge < -0.3 is 5.32 Å². The molecule has 1 aliphatic rings. The van der Waals surface area contributed by atoms with Gasteiger partial charge in [0.1, 0.15) is 5.01 Å². The first-order valence-corrected chi connectivity index (χ1v) is 6.48. The fourth-order valence-corrected chi connectivity index (χ4v) is 3.12. The maximum atomic E-state index is 4.72. The van der Waals surface area contributed by atoms with E-state index in [4.69, 9.17) is 4.98 Å². The van der Waals surface area contributed by atoms with Gasteiger partial charge in [0.25, 0.3) is 0 Å². The summed E-state index contributed by atoms with van der Waals surface area (Å²) in [5.74, 6) is 0. The van der Waals surface area contributed by atoms with Gasteiger partial charge >= 0.3 is 0 Å². The number of nitrogens with zero attached hydrogens (tertiary/aromatic N) is 2. The Bertz CT molecular complexity index is 311. The van der Waals surface area contributed by atoms with Gasteiger partial charge in [0, 0.05) is 18.3 Å². The van der Waals surface area contributed by atoms with Crippen molar-refractivity contribution in [1.29, 1.82) is 0 Å². The summed E-state index contributed by atoms with van der Waals surface area (Å²) < 4.78 is 0. The lowest BCUT2D eigenvalue weighted by Crippen LogP contribution is -2.17. The predicted molar refractivity (Wildman–Crippen MR) is 64.3 cm³/mol. The van der Waals surface area contributed by atoms with E-state index < -0.39 is 0 Å². The Kier molecular flexibility index (Phi) is 3.72. The van der Waals surface area contributed by atoms with Crippen molar-refractivity contribution >= 4 is 11.3 Å². The van der Waals surface area contributed by atoms with Gasteiger partial charge in [-0.3, -0.25) is 4.90 Å². The number of nitrogens with one attached hydrogen (secondary N) is 1. The predicted octanol–water partition coefficient (Wildman–Crippen LogP) is 1.67. The smallest absolute Gasteiger partial charge is 0.110 e. The molecule has 0 aliphatic carbocycles. The van der Waals surface area contributed by atoms with Gasteiger partial charge in [0.15, 0.2) is 0 Å². The monoisotopic (exact) mass is 225 g/mol. The van der Waals surface area contributed by atoms with E-state index in [1.54, 1.807) is 0 Å². The Labute approximate surface area is 95.5 Å². The van der Waals surface area contributed by atoms with Gasteiger partial charge in [0.2, 0.25) is 0 Å². The van der Waals surface area contributed by atoms with Crippen LogP contribution < -0.4 is 5.32 Å². The van der Waals surface area contributed by atoms with E-state index in [0.717, 1.165) is 13.0 Å². The highest BCUT2D eigenvalue weighted by atomic mass is 32.1. The van der Waals surface area contributed by atoms with Gasteiger partial charge in [-0.15, -0.1) is 11.3 Å². The molecule has 1 unspecified atom stereocenters. The maximum absolute atomic E-state index is 4.72. The molecule has 0 spiro atoms. The minimum Gasteiger partial charge on any atom is -0.319 e. The standard InChI is InChI=1S/C11H19N3S/c1-12-6-5-9-8-15-11(13-9)10-4-3-7-14(10)2/h8,10,12H,3-7H2,1-2H3. The van der Waals surface area contributed by atoms with Gasteiger partial charge in [-0.25, -0.2) is 4.98 Å². The van der Waals surface area contributed by atoms with Gasteiger partial charge in [-0.1, -0.05) is 0 Å². The summed E-state index contributed by atoms with van der Waals surface area (Å²) in [5, 5.41) is 6.67. The second kappa shape index (κ2) is 5.05. The van der Waals surface area contributed by atoms with Crippen molar-refractivity contribution in [3.63, 3.8) is 0 Å². The lowest BCUT2D eigenvalue weighted by atomic mass is 10.2. The van der Waals surface area contributed by atoms with Gasteiger partial charge in [-0.2, -0.15) is 0 Å². The third kappa shape index (κ3) is 2.56. The third-order valence-electron chi connectivity index (χ3n) is 3.01. The number of rotatable bonds is 4. The third-order valence-corrected chi connectivity index (χ3v) is 4.00. The summed E-state index contributed by atoms with van der Waals surface area (Å²) in [6.07, 6.45) is 3.63. The quantitative estimate of drug-likeness (QED) is 0.845. The fraction of sp³-hybridized carbons (Fsp3) is 0.727. The van der Waals surface area contributed by atoms with Crippen LogP contribution in [0.1, 0.15) is 29.6 Å². The van der Waals surface area contributed by atoms with Crippen molar-refractivity contribution in [3.8, 4) is 0 Å². The molecular formula is C11H19N3S. The SMILES string of the molecule is CNCCc1csc(C2CCCN2C)n1. The van der Waals surface area contributed by atoms with Crippen molar-refractivity contribution < 1.29 is 0 Å². The Morgan fingerprint density at radius 2 is 2.53 bits per heavy atom. The fourth-order valence-electron chi connectivity index (χ4n) is 2.07. The summed E-state index contributed by atoms with van der Waals surface area (Å²) in [4.78, 5) is 7.13. The number of thiazole rings is 1. The molecule has 2 heterocycles. The highest BCUT2D eigenvalue weighted by molar-refractivity contribution is 7.09. The second-order valence-electron chi connectivity index (χ2n) is 4.17. The van der Waals surface area contributed by atoms with Crippen LogP contribution in [0.4, 0.5) is 0 Å². The molecule has 0 saturated carbocycles. The molecule has 1 aromatic rings. The Morgan fingerprint density at radius 3 is 3.20 bits per heavy atom. The summed E-state index contributed by atoms with van der Waals surface area (Å²) in [6, 6.07) is 0.582. The molecule has 0 radical (unpaired) electrons. The first-order chi connectivity index (χ1) is 7.31. The summed E-state index contributed by atoms with van der Waals surface area (Å²) in [6.45, 7) is 2.24. The first-order valence-electron chi connectivity index (χ1n) is 5.60. The maximum Gasteiger partial charge on any atom is 0.110 e. The van der Waals surface area contributed by atoms with Crippen LogP contribution in [0.25, 0.3) is 0 Å². The average Bonchev–Trinajstić information content (AvgIpc) is 2.83. The van der Waals surface area contributed by atoms with E-state index in [2.05, 4.69) is 22.6 Å². The zero-order valence-electron chi connectivity index (χ0n) is 9.49. The molecule has 1 aliphatic heterocycles. The van der Waals surface area contributed by atoms with Gasteiger partial charge in [0.05, 0.1) is 11.7 Å². The normalized spacial score (nSPS) is 22.4. The first kappa shape index (κ1) is 11.0. The molecule has 1 aromatic heterocycles. The lowest BCUT2D eigenvalue weighted by Gasteiger charge is -2.16. The van der Waals surface area contributed by atoms with Crippen molar-refractivity contribution in [2.45, 2.75) is 25.3 Å². The molecule has 0 aromatic carbocycles. The molecule has 1 saturated heterocycles. The van der Waals surface area contributed by atoms with Crippen molar-refractivity contribution in [3.05, 3.63) is 16.1 Å². The molecule has 1 atom stereocenters. The van der Waals surface area contributed by atoms with Gasteiger partial charge in [-0.05, 0) is 33.5 Å². The van der Waals surface area contributed by atoms with E-state index in [0.29, 0.717) is 6.04 Å². The van der Waals surface area contributed by atoms with Crippen LogP contribution in [0.15, 0.2) is 5.38 Å². The Balaban J connectivity index is 1.99. The van der Waals surface area contributed by atoms with Crippen LogP contribution in [-0.4, -0.2) is 37.1 Å². The molecule has 15 heavy (non-hydrogen) atoms. The van der Waals surface area contributed by atoms with Crippen LogP contribution in [-0.2, 0) is 6.42 Å². The second-order valence-corrected chi connectivity index (χ2v) is 5.06. The number of hydrogen-bond acceptors (Lipinski definition) is 4. The van der Waals surface area contributed by atoms with E-state index in [-0.39, 0.29) is 0 Å². The zero-order chi connectivity index (χ0) is 10.7. The lowest BCUT2D eigenvalue weighted by molar-refractivity contribution is 0.316. The Morgan fingerprint density at radius 1 is 1.67 bits per heavy atom. The minimum atomic E-state index is 0.582. The molecular weight excluding hydrogens is 206 g/mol. The largest absolute Gasteiger partial charge is 0.319 e. The summed E-state index contributed by atoms with van der Waals surface area (Å²) in [7, 11) is 4.18. The molecule has 1 fully saturated rings. The molecule has 84 valence electrons. The van der Waals surface area contributed by atoms with Crippen LogP contribution >= 0.6 is 11.3 Å². The summed E-state index contributed by atoms with van der Waals surface area (Å²) in [5.41, 5.74) is 1.24. The Hall–Kier alpha value is -0.450. The van der Waals surface area contributed by atoms with Crippen molar-refractivity contribution in [2.75, 3.05) is 27.2 Å². The number of likely N-dealkylation sites (tertiary alicyclic amines) is 1. The topological polar surface area (TPSA) is 28.2 Å². The number of hydrogen-bond donors (Lipinski definition) is 1. The van der Waals surface area contributed by atoms with Crippen LogP contribution in [0.2, 0.25) is 0 Å². The van der Waals surface area contributed by atoms with Crippen molar-refractivity contribution in [1.82, 2.24) is 15.2 Å². The number of likely N-dealkylation sites (N-methyl/N-ethyl adjacent to an activating group) is 1. The summed E-state index contributed by atoms with van der Waals surface area (Å²) >= 11 is 1.82. The van der Waals surface area contributed by atoms with Crippen LogP contribution in [0.5, 0.6) is 0 Å². The van der Waals surface area contributed by atoms with E-state index in [1.165, 1.54) is 30.1 Å². The molecule has 2 rings (SSSR count). The number of aromatic nitrogens is 1. The molecule has 0 bridgehead atoms. The van der Waals surface area contributed by atoms with Crippen LogP contribution in [0.3, 0.4) is 0 Å². The molecule has 3 nitrogen and oxygen atoms in total. The van der Waals surface area contributed by atoms with E-state index >= 15 is 0 Å². The zero-order valence-corrected chi connectivity index (χ0v) is 10.3. The molecule has 1 N–H and O–H groups in total. The van der Waals surface area contributed by atoms with E-state index in [1.807, 2.05) is 18.4 Å².